The first kappa shape index (κ1) is 31.0. The summed E-state index contributed by atoms with van der Waals surface area (Å²) in [6.45, 7) is 12.8. The fourth-order valence-corrected chi connectivity index (χ4v) is 4.87. The molecule has 228 valence electrons. The zero-order valence-corrected chi connectivity index (χ0v) is 25.7. The van der Waals surface area contributed by atoms with Crippen LogP contribution in [0.5, 0.6) is 11.5 Å². The van der Waals surface area contributed by atoms with Crippen molar-refractivity contribution < 1.29 is 28.6 Å². The first-order valence-electron chi connectivity index (χ1n) is 14.3. The number of hydrazine groups is 1. The maximum atomic E-state index is 13.6. The summed E-state index contributed by atoms with van der Waals surface area (Å²) in [5.74, 6) is 0.788. The maximum Gasteiger partial charge on any atom is 0.410 e. The molecule has 4 rings (SSSR count). The number of fused-ring (bicyclic) bond motifs is 2. The molecule has 11 heteroatoms. The SMILES string of the molecule is Cc1cc2c(cc1NCC(=O)N(CCN(C(=O)OC(C)(C)C)C(C)C)CC(=O)N(C)N1Cc3ccccc3C1)OCO2. The van der Waals surface area contributed by atoms with Crippen molar-refractivity contribution >= 4 is 23.6 Å². The lowest BCUT2D eigenvalue weighted by Gasteiger charge is -2.33. The van der Waals surface area contributed by atoms with Crippen LogP contribution in [0.25, 0.3) is 0 Å². The Morgan fingerprint density at radius 3 is 2.21 bits per heavy atom. The maximum absolute atomic E-state index is 13.6. The molecule has 0 aromatic heterocycles. The van der Waals surface area contributed by atoms with E-state index in [1.54, 1.807) is 17.0 Å². The molecule has 0 saturated carbocycles. The van der Waals surface area contributed by atoms with Gasteiger partial charge in [-0.15, -0.1) is 0 Å². The summed E-state index contributed by atoms with van der Waals surface area (Å²) in [7, 11) is 1.73. The molecule has 11 nitrogen and oxygen atoms in total. The number of benzene rings is 2. The lowest BCUT2D eigenvalue weighted by molar-refractivity contribution is -0.151. The van der Waals surface area contributed by atoms with E-state index in [9.17, 15) is 14.4 Å². The van der Waals surface area contributed by atoms with Gasteiger partial charge in [0.25, 0.3) is 5.91 Å². The van der Waals surface area contributed by atoms with Crippen molar-refractivity contribution in [3.8, 4) is 11.5 Å². The van der Waals surface area contributed by atoms with Crippen molar-refractivity contribution in [1.82, 2.24) is 19.8 Å². The normalized spacial score (nSPS) is 14.0. The number of aryl methyl sites for hydroxylation is 1. The Kier molecular flexibility index (Phi) is 9.50. The number of rotatable bonds is 10. The molecule has 0 bridgehead atoms. The third-order valence-corrected chi connectivity index (χ3v) is 7.30. The molecule has 0 unspecified atom stereocenters. The summed E-state index contributed by atoms with van der Waals surface area (Å²) < 4.78 is 16.5. The molecule has 0 aliphatic carbocycles. The molecule has 0 fully saturated rings. The summed E-state index contributed by atoms with van der Waals surface area (Å²) in [6, 6.07) is 11.6. The molecule has 0 saturated heterocycles. The van der Waals surface area contributed by atoms with Gasteiger partial charge in [0.05, 0.1) is 6.54 Å². The van der Waals surface area contributed by atoms with Crippen LogP contribution in [0.4, 0.5) is 10.5 Å². The van der Waals surface area contributed by atoms with Crippen LogP contribution >= 0.6 is 0 Å². The number of anilines is 1. The number of likely N-dealkylation sites (N-methyl/N-ethyl adjacent to an activating group) is 1. The largest absolute Gasteiger partial charge is 0.454 e. The molecule has 2 heterocycles. The van der Waals surface area contributed by atoms with Crippen LogP contribution in [0.3, 0.4) is 0 Å². The monoisotopic (exact) mass is 581 g/mol. The zero-order valence-electron chi connectivity index (χ0n) is 25.7. The van der Waals surface area contributed by atoms with Gasteiger partial charge in [0.2, 0.25) is 12.7 Å². The number of ether oxygens (including phenoxy) is 3. The highest BCUT2D eigenvalue weighted by Gasteiger charge is 2.29. The highest BCUT2D eigenvalue weighted by atomic mass is 16.7. The minimum absolute atomic E-state index is 0.0409. The molecule has 2 aliphatic heterocycles. The van der Waals surface area contributed by atoms with Gasteiger partial charge in [-0.05, 0) is 64.3 Å². The summed E-state index contributed by atoms with van der Waals surface area (Å²) >= 11 is 0. The highest BCUT2D eigenvalue weighted by Crippen LogP contribution is 2.36. The van der Waals surface area contributed by atoms with E-state index in [0.717, 1.165) is 11.3 Å². The molecular weight excluding hydrogens is 538 g/mol. The Hall–Kier alpha value is -3.99. The molecule has 1 N–H and O–H groups in total. The molecule has 0 atom stereocenters. The third-order valence-electron chi connectivity index (χ3n) is 7.30. The van der Waals surface area contributed by atoms with Crippen LogP contribution in [-0.4, -0.2) is 89.4 Å². The van der Waals surface area contributed by atoms with Crippen LogP contribution < -0.4 is 14.8 Å². The summed E-state index contributed by atoms with van der Waals surface area (Å²) in [4.78, 5) is 43.1. The van der Waals surface area contributed by atoms with E-state index in [4.69, 9.17) is 14.2 Å². The van der Waals surface area contributed by atoms with Crippen molar-refractivity contribution in [2.75, 3.05) is 45.3 Å². The van der Waals surface area contributed by atoms with Crippen LogP contribution in [0, 0.1) is 6.92 Å². The van der Waals surface area contributed by atoms with Gasteiger partial charge < -0.3 is 29.3 Å². The van der Waals surface area contributed by atoms with Crippen molar-refractivity contribution in [3.05, 3.63) is 53.1 Å². The number of nitrogens with zero attached hydrogens (tertiary/aromatic N) is 4. The topological polar surface area (TPSA) is 104 Å². The molecule has 42 heavy (non-hydrogen) atoms. The Balaban J connectivity index is 1.46. The smallest absolute Gasteiger partial charge is 0.410 e. The Labute approximate surface area is 248 Å². The number of nitrogens with one attached hydrogen (secondary N) is 1. The quantitative estimate of drug-likeness (QED) is 0.449. The summed E-state index contributed by atoms with van der Waals surface area (Å²) in [5.41, 5.74) is 3.34. The van der Waals surface area contributed by atoms with Crippen molar-refractivity contribution in [2.45, 2.75) is 66.3 Å². The third kappa shape index (κ3) is 7.64. The predicted molar refractivity (Wildman–Crippen MR) is 159 cm³/mol. The number of carbonyl (C=O) groups is 3. The predicted octanol–water partition coefficient (Wildman–Crippen LogP) is 4.00. The standard InChI is InChI=1S/C31H43N5O6/c1-21(2)36(30(39)42-31(4,5)6)13-12-34(19-29(38)33(7)35-17-23-10-8-9-11-24(23)18-35)28(37)16-32-25-15-27-26(14-22(25)3)40-20-41-27/h8-11,14-15,21,32H,12-13,16-20H2,1-7H3. The number of amides is 3. The average Bonchev–Trinajstić information content (AvgIpc) is 3.55. The molecule has 2 aromatic rings. The average molecular weight is 582 g/mol. The minimum atomic E-state index is -0.655. The van der Waals surface area contributed by atoms with E-state index in [1.807, 2.05) is 70.8 Å². The van der Waals surface area contributed by atoms with Crippen LogP contribution in [0.2, 0.25) is 0 Å². The van der Waals surface area contributed by atoms with E-state index in [1.165, 1.54) is 16.0 Å². The molecule has 2 aromatic carbocycles. The van der Waals surface area contributed by atoms with Gasteiger partial charge >= 0.3 is 6.09 Å². The van der Waals surface area contributed by atoms with E-state index in [0.29, 0.717) is 24.6 Å². The van der Waals surface area contributed by atoms with Gasteiger partial charge in [0.15, 0.2) is 11.5 Å². The fourth-order valence-electron chi connectivity index (χ4n) is 4.87. The van der Waals surface area contributed by atoms with Crippen molar-refractivity contribution in [3.63, 3.8) is 0 Å². The van der Waals surface area contributed by atoms with Gasteiger partial charge in [0.1, 0.15) is 12.1 Å². The molecule has 0 radical (unpaired) electrons. The molecular formula is C31H43N5O6. The van der Waals surface area contributed by atoms with E-state index in [2.05, 4.69) is 17.4 Å². The number of carbonyl (C=O) groups excluding carboxylic acids is 3. The Bertz CT molecular complexity index is 1280. The summed E-state index contributed by atoms with van der Waals surface area (Å²) in [6.07, 6.45) is -0.461. The van der Waals surface area contributed by atoms with Crippen LogP contribution in [-0.2, 0) is 27.4 Å². The van der Waals surface area contributed by atoms with Gasteiger partial charge in [-0.1, -0.05) is 24.3 Å². The second-order valence-corrected chi connectivity index (χ2v) is 12.0. The second kappa shape index (κ2) is 12.9. The van der Waals surface area contributed by atoms with Gasteiger partial charge in [-0.25, -0.2) is 9.80 Å². The van der Waals surface area contributed by atoms with Gasteiger partial charge in [-0.3, -0.25) is 14.6 Å². The van der Waals surface area contributed by atoms with Crippen molar-refractivity contribution in [2.24, 2.45) is 0 Å². The first-order chi connectivity index (χ1) is 19.8. The van der Waals surface area contributed by atoms with E-state index >= 15 is 0 Å². The second-order valence-electron chi connectivity index (χ2n) is 12.0. The van der Waals surface area contributed by atoms with Crippen molar-refractivity contribution in [1.29, 1.82) is 0 Å². The number of hydrogen-bond donors (Lipinski definition) is 1. The zero-order chi connectivity index (χ0) is 30.6. The molecule has 0 spiro atoms. The summed E-state index contributed by atoms with van der Waals surface area (Å²) in [5, 5.41) is 6.74. The van der Waals surface area contributed by atoms with Gasteiger partial charge in [-0.2, -0.15) is 0 Å². The fraction of sp³-hybridized carbons (Fsp3) is 0.516. The van der Waals surface area contributed by atoms with Gasteiger partial charge in [0, 0.05) is 51.0 Å². The Morgan fingerprint density at radius 2 is 1.62 bits per heavy atom. The Morgan fingerprint density at radius 1 is 1.00 bits per heavy atom. The molecule has 2 aliphatic rings. The first-order valence-corrected chi connectivity index (χ1v) is 14.3. The highest BCUT2D eigenvalue weighted by molar-refractivity contribution is 5.87. The van der Waals surface area contributed by atoms with E-state index < -0.39 is 11.7 Å². The molecule has 3 amide bonds. The number of hydrogen-bond acceptors (Lipinski definition) is 8. The minimum Gasteiger partial charge on any atom is -0.454 e. The van der Waals surface area contributed by atoms with Crippen LogP contribution in [0.1, 0.15) is 51.3 Å². The van der Waals surface area contributed by atoms with E-state index in [-0.39, 0.29) is 50.8 Å². The lowest BCUT2D eigenvalue weighted by atomic mass is 10.1. The van der Waals surface area contributed by atoms with Crippen LogP contribution in [0.15, 0.2) is 36.4 Å². The lowest BCUT2D eigenvalue weighted by Crippen LogP contribution is -2.51.